The Morgan fingerprint density at radius 2 is 2.00 bits per heavy atom. The highest BCUT2D eigenvalue weighted by Crippen LogP contribution is 2.28. The van der Waals surface area contributed by atoms with Crippen LogP contribution in [-0.4, -0.2) is 16.6 Å². The number of hydrogen-bond acceptors (Lipinski definition) is 2. The summed E-state index contributed by atoms with van der Waals surface area (Å²) in [4.78, 5) is 11.4. The van der Waals surface area contributed by atoms with Crippen molar-refractivity contribution in [3.63, 3.8) is 0 Å². The number of halogens is 2. The molecule has 1 fully saturated rings. The molecule has 0 atom stereocenters. The van der Waals surface area contributed by atoms with Crippen molar-refractivity contribution < 1.29 is 14.3 Å². The molecule has 1 aromatic carbocycles. The Morgan fingerprint density at radius 1 is 1.32 bits per heavy atom. The zero-order chi connectivity index (χ0) is 13.0. The van der Waals surface area contributed by atoms with Crippen molar-refractivity contribution in [1.82, 2.24) is 5.32 Å². The third-order valence-corrected chi connectivity index (χ3v) is 3.64. The molecule has 1 aliphatic rings. The number of rotatable bonds is 4. The maximum absolute atomic E-state index is 13.0. The maximum Gasteiger partial charge on any atom is 0.323 e. The van der Waals surface area contributed by atoms with Gasteiger partial charge in [0.2, 0.25) is 0 Å². The predicted octanol–water partition coefficient (Wildman–Crippen LogP) is 3.12. The van der Waals surface area contributed by atoms with Crippen LogP contribution < -0.4 is 5.32 Å². The summed E-state index contributed by atoms with van der Waals surface area (Å²) in [6.07, 6.45) is 4.26. The van der Waals surface area contributed by atoms with Crippen LogP contribution in [0.1, 0.15) is 37.7 Å². The molecule has 1 saturated carbocycles. The summed E-state index contributed by atoms with van der Waals surface area (Å²) in [5.74, 6) is -1.08. The van der Waals surface area contributed by atoms with Gasteiger partial charge in [-0.3, -0.25) is 10.1 Å². The number of hydrogen-bond donors (Lipinski definition) is 2. The van der Waals surface area contributed by atoms with Crippen molar-refractivity contribution >= 4 is 18.4 Å². The lowest BCUT2D eigenvalue weighted by Gasteiger charge is -2.34. The third kappa shape index (κ3) is 3.91. The summed E-state index contributed by atoms with van der Waals surface area (Å²) < 4.78 is 13.0. The quantitative estimate of drug-likeness (QED) is 0.894. The van der Waals surface area contributed by atoms with Crippen LogP contribution in [0.2, 0.25) is 0 Å². The molecule has 0 saturated heterocycles. The van der Waals surface area contributed by atoms with Gasteiger partial charge in [0.25, 0.3) is 0 Å². The molecular weight excluding hydrogens is 269 g/mol. The van der Waals surface area contributed by atoms with E-state index in [1.807, 2.05) is 0 Å². The first-order chi connectivity index (χ1) is 8.62. The van der Waals surface area contributed by atoms with Gasteiger partial charge in [0.15, 0.2) is 0 Å². The first kappa shape index (κ1) is 15.9. The van der Waals surface area contributed by atoms with Gasteiger partial charge in [0.05, 0.1) is 0 Å². The van der Waals surface area contributed by atoms with Crippen LogP contribution in [0.15, 0.2) is 24.3 Å². The van der Waals surface area contributed by atoms with Crippen molar-refractivity contribution in [2.24, 2.45) is 0 Å². The van der Waals surface area contributed by atoms with Gasteiger partial charge in [-0.15, -0.1) is 12.4 Å². The van der Waals surface area contributed by atoms with Gasteiger partial charge in [-0.1, -0.05) is 31.4 Å². The summed E-state index contributed by atoms with van der Waals surface area (Å²) in [5, 5.41) is 12.5. The van der Waals surface area contributed by atoms with Crippen LogP contribution in [0.3, 0.4) is 0 Å². The molecule has 3 nitrogen and oxygen atoms in total. The number of carboxylic acid groups (broad SMARTS) is 1. The van der Waals surface area contributed by atoms with Crippen LogP contribution in [-0.2, 0) is 11.3 Å². The molecule has 19 heavy (non-hydrogen) atoms. The highest BCUT2D eigenvalue weighted by molar-refractivity contribution is 5.85. The number of benzene rings is 1. The van der Waals surface area contributed by atoms with Crippen LogP contribution in [0.5, 0.6) is 0 Å². The van der Waals surface area contributed by atoms with E-state index in [0.29, 0.717) is 19.4 Å². The SMILES string of the molecule is Cl.O=C(O)C1(NCc2cccc(F)c2)CCCCC1. The fraction of sp³-hybridized carbons (Fsp3) is 0.500. The van der Waals surface area contributed by atoms with Gasteiger partial charge in [-0.2, -0.15) is 0 Å². The fourth-order valence-corrected chi connectivity index (χ4v) is 2.54. The van der Waals surface area contributed by atoms with Crippen molar-refractivity contribution in [1.29, 1.82) is 0 Å². The van der Waals surface area contributed by atoms with E-state index >= 15 is 0 Å². The Morgan fingerprint density at radius 3 is 2.58 bits per heavy atom. The molecule has 0 aromatic heterocycles. The maximum atomic E-state index is 13.0. The van der Waals surface area contributed by atoms with Gasteiger partial charge >= 0.3 is 5.97 Å². The van der Waals surface area contributed by atoms with E-state index in [2.05, 4.69) is 5.32 Å². The van der Waals surface area contributed by atoms with Crippen molar-refractivity contribution in [3.8, 4) is 0 Å². The molecule has 0 aliphatic heterocycles. The Kier molecular flexibility index (Phi) is 5.76. The highest BCUT2D eigenvalue weighted by atomic mass is 35.5. The molecule has 0 bridgehead atoms. The lowest BCUT2D eigenvalue weighted by Crippen LogP contribution is -2.52. The zero-order valence-electron chi connectivity index (χ0n) is 10.7. The number of aliphatic carboxylic acids is 1. The van der Waals surface area contributed by atoms with Gasteiger partial charge in [0.1, 0.15) is 11.4 Å². The van der Waals surface area contributed by atoms with E-state index in [0.717, 1.165) is 24.8 Å². The Balaban J connectivity index is 0.00000180. The average molecular weight is 288 g/mol. The molecule has 1 aromatic rings. The van der Waals surface area contributed by atoms with Crippen molar-refractivity contribution in [2.75, 3.05) is 0 Å². The van der Waals surface area contributed by atoms with E-state index in [-0.39, 0.29) is 18.2 Å². The van der Waals surface area contributed by atoms with Crippen molar-refractivity contribution in [3.05, 3.63) is 35.6 Å². The lowest BCUT2D eigenvalue weighted by molar-refractivity contribution is -0.146. The first-order valence-electron chi connectivity index (χ1n) is 6.35. The van der Waals surface area contributed by atoms with E-state index < -0.39 is 11.5 Å². The lowest BCUT2D eigenvalue weighted by atomic mass is 9.81. The summed E-state index contributed by atoms with van der Waals surface area (Å²) in [6.45, 7) is 0.393. The topological polar surface area (TPSA) is 49.3 Å². The third-order valence-electron chi connectivity index (χ3n) is 3.64. The predicted molar refractivity (Wildman–Crippen MR) is 73.9 cm³/mol. The fourth-order valence-electron chi connectivity index (χ4n) is 2.54. The largest absolute Gasteiger partial charge is 0.480 e. The number of carboxylic acids is 1. The molecule has 0 amide bonds. The highest BCUT2D eigenvalue weighted by Gasteiger charge is 2.38. The summed E-state index contributed by atoms with van der Waals surface area (Å²) in [6, 6.07) is 6.26. The number of carbonyl (C=O) groups is 1. The van der Waals surface area contributed by atoms with Gasteiger partial charge in [0, 0.05) is 6.54 Å². The van der Waals surface area contributed by atoms with E-state index in [9.17, 15) is 14.3 Å². The molecule has 5 heteroatoms. The van der Waals surface area contributed by atoms with Gasteiger partial charge in [-0.25, -0.2) is 4.39 Å². The molecule has 0 unspecified atom stereocenters. The minimum Gasteiger partial charge on any atom is -0.480 e. The second-order valence-corrected chi connectivity index (χ2v) is 4.93. The van der Waals surface area contributed by atoms with Gasteiger partial charge in [-0.05, 0) is 30.5 Å². The second kappa shape index (κ2) is 6.87. The molecule has 2 N–H and O–H groups in total. The van der Waals surface area contributed by atoms with E-state index in [1.54, 1.807) is 12.1 Å². The van der Waals surface area contributed by atoms with Crippen molar-refractivity contribution in [2.45, 2.75) is 44.2 Å². The van der Waals surface area contributed by atoms with Crippen LogP contribution in [0, 0.1) is 5.82 Å². The van der Waals surface area contributed by atoms with E-state index in [4.69, 9.17) is 0 Å². The summed E-state index contributed by atoms with van der Waals surface area (Å²) in [5.41, 5.74) is -0.0499. The normalized spacial score (nSPS) is 17.5. The minimum absolute atomic E-state index is 0. The van der Waals surface area contributed by atoms with Gasteiger partial charge < -0.3 is 5.11 Å². The monoisotopic (exact) mass is 287 g/mol. The van der Waals surface area contributed by atoms with Crippen LogP contribution in [0.4, 0.5) is 4.39 Å². The molecule has 106 valence electrons. The van der Waals surface area contributed by atoms with Crippen LogP contribution >= 0.6 is 12.4 Å². The average Bonchev–Trinajstić information content (AvgIpc) is 2.37. The standard InChI is InChI=1S/C14H18FNO2.ClH/c15-12-6-4-5-11(9-12)10-16-14(13(17)18)7-2-1-3-8-14;/h4-6,9,16H,1-3,7-8,10H2,(H,17,18);1H. The molecular formula is C14H19ClFNO2. The Hall–Kier alpha value is -1.13. The smallest absolute Gasteiger partial charge is 0.323 e. The molecule has 1 aliphatic carbocycles. The number of nitrogens with one attached hydrogen (secondary N) is 1. The molecule has 0 spiro atoms. The second-order valence-electron chi connectivity index (χ2n) is 4.93. The van der Waals surface area contributed by atoms with E-state index in [1.165, 1.54) is 12.1 Å². The summed E-state index contributed by atoms with van der Waals surface area (Å²) >= 11 is 0. The van der Waals surface area contributed by atoms with Crippen LogP contribution in [0.25, 0.3) is 0 Å². The zero-order valence-corrected chi connectivity index (χ0v) is 11.5. The molecule has 2 rings (SSSR count). The Labute approximate surface area is 118 Å². The Bertz CT molecular complexity index is 433. The summed E-state index contributed by atoms with van der Waals surface area (Å²) in [7, 11) is 0. The molecule has 0 radical (unpaired) electrons. The first-order valence-corrected chi connectivity index (χ1v) is 6.35. The minimum atomic E-state index is -0.829. The molecule has 0 heterocycles.